The van der Waals surface area contributed by atoms with Crippen LogP contribution in [0.3, 0.4) is 0 Å². The van der Waals surface area contributed by atoms with Gasteiger partial charge < -0.3 is 10.1 Å². The van der Waals surface area contributed by atoms with E-state index in [1.165, 1.54) is 0 Å². The summed E-state index contributed by atoms with van der Waals surface area (Å²) < 4.78 is 46.4. The summed E-state index contributed by atoms with van der Waals surface area (Å²) in [5.41, 5.74) is 1.78. The Morgan fingerprint density at radius 2 is 1.74 bits per heavy atom. The molecule has 0 unspecified atom stereocenters. The van der Waals surface area contributed by atoms with Gasteiger partial charge in [0.1, 0.15) is 18.2 Å². The highest BCUT2D eigenvalue weighted by molar-refractivity contribution is 6.04. The number of carbonyl (C=O) groups is 1. The minimum absolute atomic E-state index is 0.244. The van der Waals surface area contributed by atoms with Gasteiger partial charge in [0.2, 0.25) is 0 Å². The van der Waals surface area contributed by atoms with Gasteiger partial charge in [-0.05, 0) is 49.4 Å². The van der Waals surface area contributed by atoms with Crippen molar-refractivity contribution in [3.05, 3.63) is 83.2 Å². The van der Waals surface area contributed by atoms with Crippen LogP contribution in [0.2, 0.25) is 0 Å². The van der Waals surface area contributed by atoms with E-state index in [0.29, 0.717) is 22.7 Å². The van der Waals surface area contributed by atoms with Crippen LogP contribution in [0.4, 0.5) is 29.5 Å². The lowest BCUT2D eigenvalue weighted by Crippen LogP contribution is -2.19. The summed E-state index contributed by atoms with van der Waals surface area (Å²) in [6.07, 6.45) is 0. The molecule has 6 nitrogen and oxygen atoms in total. The van der Waals surface area contributed by atoms with Gasteiger partial charge in [-0.25, -0.2) is 18.0 Å². The van der Waals surface area contributed by atoms with E-state index in [0.717, 1.165) is 11.6 Å². The van der Waals surface area contributed by atoms with Crippen molar-refractivity contribution in [1.29, 1.82) is 0 Å². The maximum Gasteiger partial charge on any atom is 0.324 e. The van der Waals surface area contributed by atoms with E-state index in [9.17, 15) is 18.0 Å². The van der Waals surface area contributed by atoms with Crippen molar-refractivity contribution in [2.24, 2.45) is 0 Å². The van der Waals surface area contributed by atoms with Gasteiger partial charge in [0.05, 0.1) is 11.1 Å². The van der Waals surface area contributed by atoms with Crippen LogP contribution in [0.5, 0.6) is 5.75 Å². The van der Waals surface area contributed by atoms with Crippen LogP contribution in [0.15, 0.2) is 54.6 Å². The lowest BCUT2D eigenvalue weighted by molar-refractivity contribution is 0.262. The van der Waals surface area contributed by atoms with Crippen molar-refractivity contribution in [1.82, 2.24) is 10.2 Å². The number of aromatic amines is 1. The highest BCUT2D eigenvalue weighted by atomic mass is 19.2. The van der Waals surface area contributed by atoms with E-state index in [1.807, 2.05) is 19.1 Å². The largest absolute Gasteiger partial charge is 0.489 e. The Bertz CT molecular complexity index is 1260. The molecule has 3 aromatic carbocycles. The number of amides is 2. The first-order valence-corrected chi connectivity index (χ1v) is 9.28. The normalized spacial score (nSPS) is 10.8. The van der Waals surface area contributed by atoms with Crippen molar-refractivity contribution in [3.8, 4) is 5.75 Å². The van der Waals surface area contributed by atoms with Gasteiger partial charge in [-0.3, -0.25) is 10.4 Å². The number of hydrogen-bond acceptors (Lipinski definition) is 3. The molecule has 1 aromatic heterocycles. The molecule has 4 rings (SSSR count). The van der Waals surface area contributed by atoms with E-state index in [1.54, 1.807) is 30.3 Å². The lowest BCUT2D eigenvalue weighted by atomic mass is 10.2. The number of anilines is 2. The summed E-state index contributed by atoms with van der Waals surface area (Å²) in [5.74, 6) is -2.85. The van der Waals surface area contributed by atoms with Gasteiger partial charge in [0, 0.05) is 11.1 Å². The maximum absolute atomic E-state index is 13.8. The molecule has 31 heavy (non-hydrogen) atoms. The predicted octanol–water partition coefficient (Wildman–Crippen LogP) is 5.51. The predicted molar refractivity (Wildman–Crippen MR) is 111 cm³/mol. The second-order valence-corrected chi connectivity index (χ2v) is 6.84. The molecule has 158 valence electrons. The summed E-state index contributed by atoms with van der Waals surface area (Å²) in [6.45, 7) is 1.44. The number of aryl methyl sites for hydroxylation is 1. The summed E-state index contributed by atoms with van der Waals surface area (Å²) in [7, 11) is 0. The van der Waals surface area contributed by atoms with Crippen LogP contribution in [-0.4, -0.2) is 16.2 Å². The number of H-pyrrole nitrogens is 1. The van der Waals surface area contributed by atoms with Gasteiger partial charge in [-0.2, -0.15) is 5.10 Å². The highest BCUT2D eigenvalue weighted by Crippen LogP contribution is 2.27. The number of halogens is 3. The molecule has 2 amide bonds. The number of nitrogens with one attached hydrogen (secondary N) is 3. The minimum Gasteiger partial charge on any atom is -0.489 e. The molecule has 0 saturated heterocycles. The van der Waals surface area contributed by atoms with Crippen LogP contribution in [0, 0.1) is 24.4 Å². The molecule has 9 heteroatoms. The fourth-order valence-corrected chi connectivity index (χ4v) is 2.94. The molecule has 0 aliphatic heterocycles. The number of rotatable bonds is 5. The molecule has 0 bridgehead atoms. The maximum atomic E-state index is 13.8. The molecule has 0 saturated carbocycles. The van der Waals surface area contributed by atoms with Gasteiger partial charge >= 0.3 is 6.03 Å². The van der Waals surface area contributed by atoms with Crippen LogP contribution in [0.25, 0.3) is 10.9 Å². The van der Waals surface area contributed by atoms with Crippen molar-refractivity contribution in [2.75, 3.05) is 10.6 Å². The summed E-state index contributed by atoms with van der Waals surface area (Å²) in [5, 5.41) is 12.7. The third-order valence-electron chi connectivity index (χ3n) is 4.60. The average Bonchev–Trinajstić information content (AvgIpc) is 3.14. The molecule has 1 heterocycles. The van der Waals surface area contributed by atoms with E-state index < -0.39 is 35.7 Å². The van der Waals surface area contributed by atoms with Crippen LogP contribution >= 0.6 is 0 Å². The van der Waals surface area contributed by atoms with Crippen LogP contribution in [-0.2, 0) is 6.61 Å². The Labute approximate surface area is 175 Å². The van der Waals surface area contributed by atoms with E-state index in [2.05, 4.69) is 20.8 Å². The molecule has 0 atom stereocenters. The average molecular weight is 426 g/mol. The molecule has 3 N–H and O–H groups in total. The number of ether oxygens (including phenoxy) is 1. The van der Waals surface area contributed by atoms with Gasteiger partial charge in [-0.15, -0.1) is 0 Å². The number of hydrogen-bond donors (Lipinski definition) is 3. The zero-order valence-electron chi connectivity index (χ0n) is 16.3. The number of aromatic nitrogens is 2. The Morgan fingerprint density at radius 1 is 1.00 bits per heavy atom. The first-order chi connectivity index (χ1) is 14.9. The molecule has 4 aromatic rings. The fraction of sp³-hybridized carbons (Fsp3) is 0.0909. The number of nitrogens with zero attached hydrogens (tertiary/aromatic N) is 1. The van der Waals surface area contributed by atoms with Crippen LogP contribution < -0.4 is 15.4 Å². The van der Waals surface area contributed by atoms with E-state index >= 15 is 0 Å². The second kappa shape index (κ2) is 8.39. The molecular weight excluding hydrogens is 409 g/mol. The number of benzene rings is 3. The quantitative estimate of drug-likeness (QED) is 0.368. The molecular formula is C22H17F3N4O2. The Balaban J connectivity index is 1.49. The van der Waals surface area contributed by atoms with Gasteiger partial charge in [0.25, 0.3) is 0 Å². The standard InChI is InChI=1S/C22H17F3N4O2/c1-12-2-4-13(5-3-12)26-22(30)27-21-15-10-14(6-9-19(15)28-29-21)31-11-16-17(23)7-8-18(24)20(16)25/h2-10H,11H2,1H3,(H3,26,27,28,29,30). The van der Waals surface area contributed by atoms with Crippen LogP contribution in [0.1, 0.15) is 11.1 Å². The van der Waals surface area contributed by atoms with Crippen molar-refractivity contribution in [3.63, 3.8) is 0 Å². The Morgan fingerprint density at radius 3 is 2.52 bits per heavy atom. The monoisotopic (exact) mass is 426 g/mol. The molecule has 0 spiro atoms. The van der Waals surface area contributed by atoms with Crippen molar-refractivity contribution >= 4 is 28.4 Å². The molecule has 0 aliphatic rings. The molecule has 0 radical (unpaired) electrons. The van der Waals surface area contributed by atoms with E-state index in [4.69, 9.17) is 4.74 Å². The molecule has 0 fully saturated rings. The zero-order valence-corrected chi connectivity index (χ0v) is 16.3. The van der Waals surface area contributed by atoms with Crippen molar-refractivity contribution < 1.29 is 22.7 Å². The number of fused-ring (bicyclic) bond motifs is 1. The topological polar surface area (TPSA) is 79.0 Å². The third kappa shape index (κ3) is 4.45. The Hall–Kier alpha value is -4.01. The third-order valence-corrected chi connectivity index (χ3v) is 4.60. The minimum atomic E-state index is -1.29. The summed E-state index contributed by atoms with van der Waals surface area (Å²) in [6, 6.07) is 13.1. The highest BCUT2D eigenvalue weighted by Gasteiger charge is 2.15. The van der Waals surface area contributed by atoms with Gasteiger partial charge in [-0.1, -0.05) is 17.7 Å². The SMILES string of the molecule is Cc1ccc(NC(=O)Nc2n[nH]c3ccc(OCc4c(F)ccc(F)c4F)cc23)cc1. The number of carbonyl (C=O) groups excluding carboxylic acids is 1. The molecule has 0 aliphatic carbocycles. The van der Waals surface area contributed by atoms with Gasteiger partial charge in [0.15, 0.2) is 17.5 Å². The first-order valence-electron chi connectivity index (χ1n) is 9.28. The first kappa shape index (κ1) is 20.3. The fourth-order valence-electron chi connectivity index (χ4n) is 2.94. The van der Waals surface area contributed by atoms with Crippen molar-refractivity contribution in [2.45, 2.75) is 13.5 Å². The van der Waals surface area contributed by atoms with E-state index in [-0.39, 0.29) is 11.6 Å². The lowest BCUT2D eigenvalue weighted by Gasteiger charge is -2.09. The Kier molecular flexibility index (Phi) is 5.48. The number of urea groups is 1. The smallest absolute Gasteiger partial charge is 0.324 e. The second-order valence-electron chi connectivity index (χ2n) is 6.84. The summed E-state index contributed by atoms with van der Waals surface area (Å²) >= 11 is 0. The zero-order chi connectivity index (χ0) is 22.0. The summed E-state index contributed by atoms with van der Waals surface area (Å²) in [4.78, 5) is 12.3.